The number of ether oxygens (including phenoxy) is 3. The van der Waals surface area contributed by atoms with E-state index in [0.717, 1.165) is 5.56 Å². The number of piperidine rings is 1. The third-order valence-electron chi connectivity index (χ3n) is 5.26. The predicted octanol–water partition coefficient (Wildman–Crippen LogP) is 3.58. The van der Waals surface area contributed by atoms with Crippen LogP contribution in [0.25, 0.3) is 0 Å². The molecule has 1 heterocycles. The van der Waals surface area contributed by atoms with E-state index in [1.54, 1.807) is 0 Å². The van der Waals surface area contributed by atoms with Crippen LogP contribution >= 0.6 is 0 Å². The molecule has 1 saturated heterocycles. The highest BCUT2D eigenvalue weighted by Gasteiger charge is 2.35. The summed E-state index contributed by atoms with van der Waals surface area (Å²) >= 11 is 0. The molecule has 168 valence electrons. The summed E-state index contributed by atoms with van der Waals surface area (Å²) in [7, 11) is 2.80. The number of alkyl halides is 3. The van der Waals surface area contributed by atoms with Gasteiger partial charge < -0.3 is 24.8 Å². The minimum absolute atomic E-state index is 0.0808. The molecule has 0 saturated carbocycles. The van der Waals surface area contributed by atoms with Crippen molar-refractivity contribution in [3.8, 4) is 11.5 Å². The quantitative estimate of drug-likeness (QED) is 0.645. The summed E-state index contributed by atoms with van der Waals surface area (Å²) in [5.41, 5.74) is 1.56. The summed E-state index contributed by atoms with van der Waals surface area (Å²) in [6.07, 6.45) is -4.26. The number of rotatable bonds is 7. The van der Waals surface area contributed by atoms with Gasteiger partial charge in [0.15, 0.2) is 0 Å². The van der Waals surface area contributed by atoms with Crippen molar-refractivity contribution in [3.05, 3.63) is 59.7 Å². The van der Waals surface area contributed by atoms with Gasteiger partial charge in [-0.2, -0.15) is 0 Å². The lowest BCUT2D eigenvalue weighted by molar-refractivity contribution is -0.274. The van der Waals surface area contributed by atoms with Gasteiger partial charge in [-0.25, -0.2) is 0 Å². The van der Waals surface area contributed by atoms with Crippen LogP contribution in [0.15, 0.2) is 48.5 Å². The van der Waals surface area contributed by atoms with E-state index in [4.69, 9.17) is 9.47 Å². The first-order chi connectivity index (χ1) is 14.8. The lowest BCUT2D eigenvalue weighted by Gasteiger charge is -2.37. The highest BCUT2D eigenvalue weighted by molar-refractivity contribution is 5.72. The number of halogens is 3. The normalized spacial score (nSPS) is 21.4. The first-order valence-electron chi connectivity index (χ1n) is 9.83. The molecule has 2 aromatic carbocycles. The van der Waals surface area contributed by atoms with E-state index in [0.29, 0.717) is 24.3 Å². The molecule has 0 aliphatic carbocycles. The van der Waals surface area contributed by atoms with Gasteiger partial charge in [0.25, 0.3) is 0 Å². The van der Waals surface area contributed by atoms with E-state index in [1.807, 2.05) is 30.3 Å². The van der Waals surface area contributed by atoms with Crippen LogP contribution in [0.3, 0.4) is 0 Å². The first kappa shape index (κ1) is 22.9. The van der Waals surface area contributed by atoms with E-state index >= 15 is 0 Å². The standard InChI is InChI=1S/C22H25F3N2O4/c1-29-19-9-8-17(31-22(23,24)25)10-15(19)12-26-18-11-16(21(28)30-2)13-27-20(18)14-6-4-3-5-7-14/h3-10,16,18,20,26-27H,11-13H2,1-2H3/t16-,18+,20+/m1/s1. The van der Waals surface area contributed by atoms with Crippen molar-refractivity contribution >= 4 is 5.97 Å². The van der Waals surface area contributed by atoms with Crippen LogP contribution in [0.2, 0.25) is 0 Å². The molecule has 1 aliphatic heterocycles. The molecule has 0 aromatic heterocycles. The fraction of sp³-hybridized carbons (Fsp3) is 0.409. The van der Waals surface area contributed by atoms with Crippen LogP contribution in [0.1, 0.15) is 23.6 Å². The molecule has 6 nitrogen and oxygen atoms in total. The van der Waals surface area contributed by atoms with E-state index in [9.17, 15) is 18.0 Å². The Kier molecular flexibility index (Phi) is 7.40. The Morgan fingerprint density at radius 1 is 1.16 bits per heavy atom. The van der Waals surface area contributed by atoms with Gasteiger partial charge >= 0.3 is 12.3 Å². The highest BCUT2D eigenvalue weighted by Crippen LogP contribution is 2.31. The van der Waals surface area contributed by atoms with Gasteiger partial charge in [0.2, 0.25) is 0 Å². The van der Waals surface area contributed by atoms with Crippen molar-refractivity contribution in [3.63, 3.8) is 0 Å². The Balaban J connectivity index is 1.80. The van der Waals surface area contributed by atoms with Crippen molar-refractivity contribution in [2.45, 2.75) is 31.4 Å². The molecule has 0 spiro atoms. The predicted molar refractivity (Wildman–Crippen MR) is 108 cm³/mol. The van der Waals surface area contributed by atoms with Gasteiger partial charge in [-0.15, -0.1) is 13.2 Å². The fourth-order valence-electron chi connectivity index (χ4n) is 3.83. The summed E-state index contributed by atoms with van der Waals surface area (Å²) in [5, 5.41) is 6.76. The van der Waals surface area contributed by atoms with Gasteiger partial charge in [0.1, 0.15) is 11.5 Å². The minimum atomic E-state index is -4.78. The lowest BCUT2D eigenvalue weighted by Crippen LogP contribution is -2.51. The summed E-state index contributed by atoms with van der Waals surface area (Å²) in [5.74, 6) is -0.515. The molecule has 3 rings (SSSR count). The molecule has 2 N–H and O–H groups in total. The second kappa shape index (κ2) is 10.0. The maximum Gasteiger partial charge on any atom is 0.573 e. The Morgan fingerprint density at radius 2 is 1.90 bits per heavy atom. The Bertz CT molecular complexity index is 877. The van der Waals surface area contributed by atoms with Crippen molar-refractivity contribution in [2.75, 3.05) is 20.8 Å². The smallest absolute Gasteiger partial charge is 0.496 e. The van der Waals surface area contributed by atoms with E-state index < -0.39 is 6.36 Å². The number of hydrogen-bond acceptors (Lipinski definition) is 6. The van der Waals surface area contributed by atoms with Gasteiger partial charge in [-0.1, -0.05) is 30.3 Å². The number of carbonyl (C=O) groups is 1. The van der Waals surface area contributed by atoms with Crippen LogP contribution in [-0.4, -0.2) is 39.1 Å². The number of methoxy groups -OCH3 is 2. The number of esters is 1. The molecular weight excluding hydrogens is 413 g/mol. The molecule has 31 heavy (non-hydrogen) atoms. The highest BCUT2D eigenvalue weighted by atomic mass is 19.4. The number of hydrogen-bond donors (Lipinski definition) is 2. The first-order valence-corrected chi connectivity index (χ1v) is 9.83. The zero-order valence-corrected chi connectivity index (χ0v) is 17.2. The van der Waals surface area contributed by atoms with Gasteiger partial charge in [0.05, 0.1) is 20.1 Å². The topological polar surface area (TPSA) is 68.8 Å². The van der Waals surface area contributed by atoms with Crippen molar-refractivity contribution in [1.82, 2.24) is 10.6 Å². The van der Waals surface area contributed by atoms with Crippen LogP contribution in [-0.2, 0) is 16.1 Å². The molecule has 0 amide bonds. The second-order valence-electron chi connectivity index (χ2n) is 7.26. The average Bonchev–Trinajstić information content (AvgIpc) is 2.76. The number of benzene rings is 2. The number of nitrogens with one attached hydrogen (secondary N) is 2. The zero-order valence-electron chi connectivity index (χ0n) is 17.2. The Hall–Kier alpha value is -2.78. The Labute approximate surface area is 178 Å². The molecule has 0 radical (unpaired) electrons. The fourth-order valence-corrected chi connectivity index (χ4v) is 3.83. The van der Waals surface area contributed by atoms with E-state index in [1.165, 1.54) is 32.4 Å². The third-order valence-corrected chi connectivity index (χ3v) is 5.26. The maximum absolute atomic E-state index is 12.6. The minimum Gasteiger partial charge on any atom is -0.496 e. The third kappa shape index (κ3) is 6.11. The lowest BCUT2D eigenvalue weighted by atomic mass is 9.86. The maximum atomic E-state index is 12.6. The SMILES string of the molecule is COC(=O)[C@H]1CN[C@@H](c2ccccc2)[C@@H](NCc2cc(OC(F)(F)F)ccc2OC)C1. The summed E-state index contributed by atoms with van der Waals surface area (Å²) in [6.45, 7) is 0.699. The van der Waals surface area contributed by atoms with Crippen molar-refractivity contribution < 1.29 is 32.2 Å². The molecule has 9 heteroatoms. The van der Waals surface area contributed by atoms with Gasteiger partial charge in [-0.05, 0) is 30.2 Å². The van der Waals surface area contributed by atoms with Crippen molar-refractivity contribution in [2.24, 2.45) is 5.92 Å². The van der Waals surface area contributed by atoms with Gasteiger partial charge in [-0.3, -0.25) is 4.79 Å². The van der Waals surface area contributed by atoms with Crippen LogP contribution in [0.4, 0.5) is 13.2 Å². The average molecular weight is 438 g/mol. The molecule has 1 aliphatic rings. The largest absolute Gasteiger partial charge is 0.573 e. The summed E-state index contributed by atoms with van der Waals surface area (Å²) in [6, 6.07) is 13.4. The molecular formula is C22H25F3N2O4. The molecule has 3 atom stereocenters. The van der Waals surface area contributed by atoms with E-state index in [-0.39, 0.29) is 36.3 Å². The monoisotopic (exact) mass is 438 g/mol. The Morgan fingerprint density at radius 3 is 2.55 bits per heavy atom. The molecule has 0 unspecified atom stereocenters. The summed E-state index contributed by atoms with van der Waals surface area (Å²) < 4.78 is 52.0. The summed E-state index contributed by atoms with van der Waals surface area (Å²) in [4.78, 5) is 12.1. The molecule has 0 bridgehead atoms. The van der Waals surface area contributed by atoms with Crippen LogP contribution in [0, 0.1) is 5.92 Å². The van der Waals surface area contributed by atoms with Crippen LogP contribution < -0.4 is 20.1 Å². The zero-order chi connectivity index (χ0) is 22.4. The van der Waals surface area contributed by atoms with E-state index in [2.05, 4.69) is 15.4 Å². The van der Waals surface area contributed by atoms with Crippen LogP contribution in [0.5, 0.6) is 11.5 Å². The molecule has 1 fully saturated rings. The molecule has 2 aromatic rings. The van der Waals surface area contributed by atoms with Gasteiger partial charge in [0, 0.05) is 30.7 Å². The second-order valence-corrected chi connectivity index (χ2v) is 7.26. The van der Waals surface area contributed by atoms with Crippen molar-refractivity contribution in [1.29, 1.82) is 0 Å². The number of carbonyl (C=O) groups excluding carboxylic acids is 1.